The maximum Gasteiger partial charge on any atom is 0.309 e. The van der Waals surface area contributed by atoms with Gasteiger partial charge in [-0.3, -0.25) is 4.79 Å². The average Bonchev–Trinajstić information content (AvgIpc) is 2.22. The molecule has 0 saturated heterocycles. The van der Waals surface area contributed by atoms with Crippen molar-refractivity contribution in [2.24, 2.45) is 5.41 Å². The molecule has 0 aliphatic rings. The molecular formula is C13H17BrO3. The molecule has 94 valence electrons. The smallest absolute Gasteiger partial charge is 0.309 e. The predicted molar refractivity (Wildman–Crippen MR) is 70.4 cm³/mol. The van der Waals surface area contributed by atoms with Gasteiger partial charge in [-0.05, 0) is 66.7 Å². The Hall–Kier alpha value is -1.03. The van der Waals surface area contributed by atoms with Gasteiger partial charge in [0.25, 0.3) is 0 Å². The fourth-order valence-corrected chi connectivity index (χ4v) is 2.18. The zero-order valence-electron chi connectivity index (χ0n) is 10.5. The van der Waals surface area contributed by atoms with Gasteiger partial charge >= 0.3 is 5.97 Å². The van der Waals surface area contributed by atoms with Gasteiger partial charge in [0.15, 0.2) is 0 Å². The molecule has 0 heterocycles. The first-order valence-corrected chi connectivity index (χ1v) is 6.17. The van der Waals surface area contributed by atoms with Gasteiger partial charge < -0.3 is 10.2 Å². The van der Waals surface area contributed by atoms with Crippen molar-refractivity contribution in [2.45, 2.75) is 34.1 Å². The van der Waals surface area contributed by atoms with Gasteiger partial charge in [0.05, 0.1) is 9.89 Å². The number of hydrogen-bond acceptors (Lipinski definition) is 2. The van der Waals surface area contributed by atoms with Crippen LogP contribution in [0, 0.1) is 19.3 Å². The van der Waals surface area contributed by atoms with Crippen LogP contribution in [0.25, 0.3) is 0 Å². The van der Waals surface area contributed by atoms with Crippen LogP contribution in [-0.4, -0.2) is 16.2 Å². The number of phenols is 1. The number of halogens is 1. The molecule has 0 aliphatic carbocycles. The number of carboxylic acid groups (broad SMARTS) is 1. The normalized spacial score (nSPS) is 11.6. The number of aromatic hydroxyl groups is 1. The second-order valence-electron chi connectivity index (χ2n) is 5.01. The van der Waals surface area contributed by atoms with Crippen LogP contribution < -0.4 is 0 Å². The maximum absolute atomic E-state index is 11.1. The SMILES string of the molecule is Cc1cc(CC(C)(C)C(=O)O)c(O)c(Br)c1C. The molecule has 0 radical (unpaired) electrons. The number of phenolic OH excluding ortho intramolecular Hbond substituents is 1. The first kappa shape index (κ1) is 14.0. The molecule has 0 aliphatic heterocycles. The van der Waals surface area contributed by atoms with Gasteiger partial charge in [-0.1, -0.05) is 6.07 Å². The van der Waals surface area contributed by atoms with Crippen molar-refractivity contribution in [2.75, 3.05) is 0 Å². The molecule has 0 amide bonds. The fourth-order valence-electron chi connectivity index (χ4n) is 1.62. The third kappa shape index (κ3) is 2.80. The molecule has 4 heteroatoms. The Kier molecular flexibility index (Phi) is 3.87. The first-order chi connectivity index (χ1) is 7.66. The van der Waals surface area contributed by atoms with Crippen molar-refractivity contribution >= 4 is 21.9 Å². The summed E-state index contributed by atoms with van der Waals surface area (Å²) >= 11 is 3.33. The Morgan fingerprint density at radius 2 is 1.94 bits per heavy atom. The number of aliphatic carboxylic acids is 1. The Labute approximate surface area is 110 Å². The molecule has 0 spiro atoms. The van der Waals surface area contributed by atoms with E-state index >= 15 is 0 Å². The van der Waals surface area contributed by atoms with E-state index in [1.54, 1.807) is 13.8 Å². The third-order valence-electron chi connectivity index (χ3n) is 3.03. The molecule has 0 atom stereocenters. The van der Waals surface area contributed by atoms with Crippen molar-refractivity contribution in [1.82, 2.24) is 0 Å². The molecular weight excluding hydrogens is 284 g/mol. The topological polar surface area (TPSA) is 57.5 Å². The molecule has 2 N–H and O–H groups in total. The van der Waals surface area contributed by atoms with Gasteiger partial charge in [0.2, 0.25) is 0 Å². The van der Waals surface area contributed by atoms with E-state index in [0.717, 1.165) is 11.1 Å². The van der Waals surface area contributed by atoms with Crippen LogP contribution in [0.5, 0.6) is 5.75 Å². The van der Waals surface area contributed by atoms with Crippen LogP contribution in [0.4, 0.5) is 0 Å². The second-order valence-corrected chi connectivity index (χ2v) is 5.80. The van der Waals surface area contributed by atoms with Crippen molar-refractivity contribution in [3.8, 4) is 5.75 Å². The summed E-state index contributed by atoms with van der Waals surface area (Å²) in [5.74, 6) is -0.728. The number of hydrogen-bond donors (Lipinski definition) is 2. The number of rotatable bonds is 3. The molecule has 17 heavy (non-hydrogen) atoms. The van der Waals surface area contributed by atoms with E-state index in [0.29, 0.717) is 16.5 Å². The number of carboxylic acids is 1. The van der Waals surface area contributed by atoms with E-state index in [-0.39, 0.29) is 5.75 Å². The Morgan fingerprint density at radius 1 is 1.41 bits per heavy atom. The third-order valence-corrected chi connectivity index (χ3v) is 4.01. The quantitative estimate of drug-likeness (QED) is 0.899. The van der Waals surface area contributed by atoms with Gasteiger partial charge in [-0.25, -0.2) is 0 Å². The molecule has 0 unspecified atom stereocenters. The molecule has 1 rings (SSSR count). The first-order valence-electron chi connectivity index (χ1n) is 5.37. The largest absolute Gasteiger partial charge is 0.506 e. The highest BCUT2D eigenvalue weighted by Crippen LogP contribution is 2.36. The molecule has 1 aromatic rings. The standard InChI is InChI=1S/C13H17BrO3/c1-7-5-9(6-13(3,4)12(16)17)11(15)10(14)8(7)2/h5,15H,6H2,1-4H3,(H,16,17). The van der Waals surface area contributed by atoms with Crippen molar-refractivity contribution in [3.63, 3.8) is 0 Å². The fraction of sp³-hybridized carbons (Fsp3) is 0.462. The van der Waals surface area contributed by atoms with E-state index in [4.69, 9.17) is 5.11 Å². The minimum Gasteiger partial charge on any atom is -0.506 e. The summed E-state index contributed by atoms with van der Waals surface area (Å²) < 4.78 is 0.647. The van der Waals surface area contributed by atoms with Crippen molar-refractivity contribution in [1.29, 1.82) is 0 Å². The summed E-state index contributed by atoms with van der Waals surface area (Å²) in [6, 6.07) is 1.85. The average molecular weight is 301 g/mol. The van der Waals surface area contributed by atoms with E-state index in [2.05, 4.69) is 15.9 Å². The minimum absolute atomic E-state index is 0.141. The lowest BCUT2D eigenvalue weighted by Crippen LogP contribution is -2.26. The zero-order chi connectivity index (χ0) is 13.4. The van der Waals surface area contributed by atoms with Crippen LogP contribution in [0.3, 0.4) is 0 Å². The van der Waals surface area contributed by atoms with Gasteiger partial charge in [0.1, 0.15) is 5.75 Å². The zero-order valence-corrected chi connectivity index (χ0v) is 12.1. The Morgan fingerprint density at radius 3 is 2.41 bits per heavy atom. The Balaban J connectivity index is 3.21. The van der Waals surface area contributed by atoms with Gasteiger partial charge in [-0.2, -0.15) is 0 Å². The lowest BCUT2D eigenvalue weighted by Gasteiger charge is -2.21. The van der Waals surface area contributed by atoms with Gasteiger partial charge in [0, 0.05) is 0 Å². The predicted octanol–water partition coefficient (Wildman–Crippen LogP) is 3.42. The van der Waals surface area contributed by atoms with Crippen molar-refractivity contribution in [3.05, 3.63) is 27.2 Å². The summed E-state index contributed by atoms with van der Waals surface area (Å²) in [4.78, 5) is 11.1. The summed E-state index contributed by atoms with van der Waals surface area (Å²) in [5, 5.41) is 19.1. The summed E-state index contributed by atoms with van der Waals surface area (Å²) in [5.41, 5.74) is 1.77. The van der Waals surface area contributed by atoms with Crippen LogP contribution in [0.15, 0.2) is 10.5 Å². The van der Waals surface area contributed by atoms with Gasteiger partial charge in [-0.15, -0.1) is 0 Å². The van der Waals surface area contributed by atoms with E-state index in [1.807, 2.05) is 19.9 Å². The van der Waals surface area contributed by atoms with Crippen LogP contribution in [-0.2, 0) is 11.2 Å². The molecule has 3 nitrogen and oxygen atoms in total. The van der Waals surface area contributed by atoms with Crippen LogP contribution >= 0.6 is 15.9 Å². The number of benzene rings is 1. The Bertz CT molecular complexity index is 464. The molecule has 0 fully saturated rings. The molecule has 1 aromatic carbocycles. The number of aryl methyl sites for hydroxylation is 1. The van der Waals surface area contributed by atoms with Crippen molar-refractivity contribution < 1.29 is 15.0 Å². The molecule has 0 saturated carbocycles. The highest BCUT2D eigenvalue weighted by atomic mass is 79.9. The lowest BCUT2D eigenvalue weighted by atomic mass is 9.85. The summed E-state index contributed by atoms with van der Waals surface area (Å²) in [7, 11) is 0. The summed E-state index contributed by atoms with van der Waals surface area (Å²) in [6.07, 6.45) is 0.299. The minimum atomic E-state index is -0.890. The highest BCUT2D eigenvalue weighted by Gasteiger charge is 2.29. The van der Waals surface area contributed by atoms with Crippen LogP contribution in [0.2, 0.25) is 0 Å². The highest BCUT2D eigenvalue weighted by molar-refractivity contribution is 9.10. The summed E-state index contributed by atoms with van der Waals surface area (Å²) in [6.45, 7) is 7.15. The number of carbonyl (C=O) groups is 1. The van der Waals surface area contributed by atoms with Crippen LogP contribution in [0.1, 0.15) is 30.5 Å². The molecule has 0 bridgehead atoms. The maximum atomic E-state index is 11.1. The van der Waals surface area contributed by atoms with E-state index < -0.39 is 11.4 Å². The van der Waals surface area contributed by atoms with E-state index in [9.17, 15) is 9.90 Å². The molecule has 0 aromatic heterocycles. The monoisotopic (exact) mass is 300 g/mol. The lowest BCUT2D eigenvalue weighted by molar-refractivity contribution is -0.146. The van der Waals surface area contributed by atoms with E-state index in [1.165, 1.54) is 0 Å². The second kappa shape index (κ2) is 4.69.